The Morgan fingerprint density at radius 2 is 2.33 bits per heavy atom. The van der Waals surface area contributed by atoms with Crippen LogP contribution >= 0.6 is 0 Å². The van der Waals surface area contributed by atoms with Gasteiger partial charge in [0.25, 0.3) is 0 Å². The first kappa shape index (κ1) is 8.17. The van der Waals surface area contributed by atoms with Gasteiger partial charge in [-0.2, -0.15) is 4.91 Å². The van der Waals surface area contributed by atoms with Crippen molar-refractivity contribution in [3.63, 3.8) is 0 Å². The number of hydrogen-bond donors (Lipinski definition) is 0. The second-order valence-corrected chi connectivity index (χ2v) is 3.95. The summed E-state index contributed by atoms with van der Waals surface area (Å²) in [6.07, 6.45) is 3.47. The van der Waals surface area contributed by atoms with E-state index in [1.165, 1.54) is 12.8 Å². The minimum atomic E-state index is 0.495. The van der Waals surface area contributed by atoms with E-state index in [9.17, 15) is 4.91 Å². The number of hydrogen-bond acceptors (Lipinski definition) is 3. The third kappa shape index (κ3) is 1.38. The molecule has 3 atom stereocenters. The zero-order valence-corrected chi connectivity index (χ0v) is 7.24. The molecule has 1 aliphatic carbocycles. The molecule has 1 aliphatic heterocycles. The molecule has 1 saturated heterocycles. The maximum atomic E-state index is 9.85. The van der Waals surface area contributed by atoms with Gasteiger partial charge in [0.05, 0.1) is 13.2 Å². The molecule has 1 saturated carbocycles. The van der Waals surface area contributed by atoms with Crippen LogP contribution in [0.3, 0.4) is 0 Å². The number of nitrogens with zero attached hydrogens (tertiary/aromatic N) is 1. The first-order chi connectivity index (χ1) is 5.92. The van der Waals surface area contributed by atoms with Gasteiger partial charge >= 0.3 is 0 Å². The van der Waals surface area contributed by atoms with Crippen LogP contribution < -0.4 is 0 Å². The van der Waals surface area contributed by atoms with Gasteiger partial charge in [-0.3, -0.25) is 0 Å². The molecule has 0 bridgehead atoms. The monoisotopic (exact) mass is 169 g/mol. The Morgan fingerprint density at radius 1 is 1.42 bits per heavy atom. The van der Waals surface area contributed by atoms with Gasteiger partial charge in [0.15, 0.2) is 0 Å². The summed E-state index contributed by atoms with van der Waals surface area (Å²) in [6.45, 7) is 2.44. The second kappa shape index (κ2) is 3.52. The Morgan fingerprint density at radius 3 is 3.08 bits per heavy atom. The van der Waals surface area contributed by atoms with Gasteiger partial charge in [-0.05, 0) is 37.0 Å². The lowest BCUT2D eigenvalue weighted by Gasteiger charge is -2.38. The van der Waals surface area contributed by atoms with E-state index in [1.54, 1.807) is 0 Å². The van der Waals surface area contributed by atoms with E-state index in [0.717, 1.165) is 37.4 Å². The predicted octanol–water partition coefficient (Wildman–Crippen LogP) is 1.82. The fourth-order valence-electron chi connectivity index (χ4n) is 2.50. The van der Waals surface area contributed by atoms with Crippen LogP contribution in [0, 0.1) is 22.7 Å². The van der Waals surface area contributed by atoms with Crippen molar-refractivity contribution < 1.29 is 4.74 Å². The number of fused-ring (bicyclic) bond motifs is 1. The van der Waals surface area contributed by atoms with Crippen LogP contribution in [-0.4, -0.2) is 19.8 Å². The van der Waals surface area contributed by atoms with E-state index in [1.807, 2.05) is 0 Å². The Kier molecular flexibility index (Phi) is 2.40. The van der Waals surface area contributed by atoms with Gasteiger partial charge in [0, 0.05) is 6.61 Å². The minimum absolute atomic E-state index is 0.495. The van der Waals surface area contributed by atoms with E-state index in [2.05, 4.69) is 5.18 Å². The van der Waals surface area contributed by atoms with Crippen molar-refractivity contribution >= 4 is 0 Å². The van der Waals surface area contributed by atoms with Gasteiger partial charge < -0.3 is 4.74 Å². The van der Waals surface area contributed by atoms with Gasteiger partial charge in [0.2, 0.25) is 0 Å². The molecule has 12 heavy (non-hydrogen) atoms. The van der Waals surface area contributed by atoms with E-state index in [4.69, 9.17) is 4.74 Å². The van der Waals surface area contributed by atoms with E-state index >= 15 is 0 Å². The summed E-state index contributed by atoms with van der Waals surface area (Å²) in [6, 6.07) is 0. The fraction of sp³-hybridized carbons (Fsp3) is 1.00. The maximum absolute atomic E-state index is 9.85. The molecule has 1 heterocycles. The van der Waals surface area contributed by atoms with E-state index in [-0.39, 0.29) is 0 Å². The second-order valence-electron chi connectivity index (χ2n) is 3.95. The van der Waals surface area contributed by atoms with E-state index < -0.39 is 0 Å². The average molecular weight is 169 g/mol. The predicted molar refractivity (Wildman–Crippen MR) is 45.8 cm³/mol. The van der Waals surface area contributed by atoms with Crippen molar-refractivity contribution in [3.8, 4) is 0 Å². The zero-order valence-electron chi connectivity index (χ0n) is 7.24. The lowest BCUT2D eigenvalue weighted by molar-refractivity contribution is 0.110. The molecule has 3 heteroatoms. The van der Waals surface area contributed by atoms with Crippen LogP contribution in [0.5, 0.6) is 0 Å². The van der Waals surface area contributed by atoms with Crippen LogP contribution in [0.15, 0.2) is 5.18 Å². The topological polar surface area (TPSA) is 38.7 Å². The molecule has 3 nitrogen and oxygen atoms in total. The van der Waals surface area contributed by atoms with Gasteiger partial charge in [-0.25, -0.2) is 0 Å². The van der Waals surface area contributed by atoms with Crippen LogP contribution in [0.1, 0.15) is 19.3 Å². The molecular formula is C9H15NO2. The molecule has 3 unspecified atom stereocenters. The quantitative estimate of drug-likeness (QED) is 0.475. The Bertz CT molecular complexity index is 172. The molecule has 2 aliphatic rings. The van der Waals surface area contributed by atoms with Gasteiger partial charge in [0.1, 0.15) is 0 Å². The normalized spacial score (nSPS) is 38.8. The van der Waals surface area contributed by atoms with Crippen LogP contribution in [0.25, 0.3) is 0 Å². The summed E-state index contributed by atoms with van der Waals surface area (Å²) >= 11 is 0. The molecular weight excluding hydrogens is 154 g/mol. The highest BCUT2D eigenvalue weighted by Crippen LogP contribution is 2.46. The number of ether oxygens (including phenoxy) is 1. The number of rotatable bonds is 4. The van der Waals surface area contributed by atoms with E-state index in [0.29, 0.717) is 6.54 Å². The molecule has 2 fully saturated rings. The third-order valence-electron chi connectivity index (χ3n) is 3.28. The summed E-state index contributed by atoms with van der Waals surface area (Å²) in [4.78, 5) is 9.85. The highest BCUT2D eigenvalue weighted by molar-refractivity contribution is 4.92. The lowest BCUT2D eigenvalue weighted by atomic mass is 9.65. The van der Waals surface area contributed by atoms with Crippen molar-refractivity contribution in [2.45, 2.75) is 19.3 Å². The first-order valence-corrected chi connectivity index (χ1v) is 4.78. The molecule has 0 spiro atoms. The smallest absolute Gasteiger partial charge is 0.0811 e. The minimum Gasteiger partial charge on any atom is -0.381 e. The summed E-state index contributed by atoms with van der Waals surface area (Å²) < 4.78 is 5.38. The zero-order chi connectivity index (χ0) is 8.39. The van der Waals surface area contributed by atoms with Crippen LogP contribution in [-0.2, 0) is 4.74 Å². The summed E-state index contributed by atoms with van der Waals surface area (Å²) in [7, 11) is 0. The standard InChI is InChI=1S/C9H15NO2/c11-10-3-1-2-7-4-8-5-12-6-9(7)8/h7-9H,1-6H2. The first-order valence-electron chi connectivity index (χ1n) is 4.78. The SMILES string of the molecule is O=NCCCC1CC2COCC12. The van der Waals surface area contributed by atoms with Crippen molar-refractivity contribution in [3.05, 3.63) is 4.91 Å². The summed E-state index contributed by atoms with van der Waals surface area (Å²) in [5, 5.41) is 2.87. The molecule has 0 aromatic carbocycles. The Hall–Kier alpha value is -0.440. The average Bonchev–Trinajstić information content (AvgIpc) is 2.41. The molecule has 0 N–H and O–H groups in total. The third-order valence-corrected chi connectivity index (χ3v) is 3.28. The Balaban J connectivity index is 1.67. The molecule has 0 radical (unpaired) electrons. The van der Waals surface area contributed by atoms with Crippen molar-refractivity contribution in [1.82, 2.24) is 0 Å². The summed E-state index contributed by atoms with van der Waals surface area (Å²) in [5.74, 6) is 2.50. The van der Waals surface area contributed by atoms with Crippen molar-refractivity contribution in [2.24, 2.45) is 22.9 Å². The highest BCUT2D eigenvalue weighted by atomic mass is 16.5. The summed E-state index contributed by atoms with van der Waals surface area (Å²) in [5.41, 5.74) is 0. The van der Waals surface area contributed by atoms with Crippen LogP contribution in [0.4, 0.5) is 0 Å². The van der Waals surface area contributed by atoms with Crippen LogP contribution in [0.2, 0.25) is 0 Å². The maximum Gasteiger partial charge on any atom is 0.0811 e. The molecule has 0 amide bonds. The van der Waals surface area contributed by atoms with Gasteiger partial charge in [-0.1, -0.05) is 5.18 Å². The largest absolute Gasteiger partial charge is 0.381 e. The molecule has 68 valence electrons. The Labute approximate surface area is 72.5 Å². The van der Waals surface area contributed by atoms with Crippen molar-refractivity contribution in [1.29, 1.82) is 0 Å². The fourth-order valence-corrected chi connectivity index (χ4v) is 2.50. The lowest BCUT2D eigenvalue weighted by Crippen LogP contribution is -2.35. The van der Waals surface area contributed by atoms with Gasteiger partial charge in [-0.15, -0.1) is 0 Å². The highest BCUT2D eigenvalue weighted by Gasteiger charge is 2.43. The van der Waals surface area contributed by atoms with Crippen molar-refractivity contribution in [2.75, 3.05) is 19.8 Å². The molecule has 0 aromatic rings. The molecule has 2 rings (SSSR count). The number of nitroso groups, excluding NO2 is 1. The molecule has 0 aromatic heterocycles.